The van der Waals surface area contributed by atoms with E-state index in [1.165, 1.54) is 16.0 Å². The predicted molar refractivity (Wildman–Crippen MR) is 124 cm³/mol. The van der Waals surface area contributed by atoms with Gasteiger partial charge in [-0.1, -0.05) is 61.9 Å². The van der Waals surface area contributed by atoms with Crippen LogP contribution >= 0.6 is 0 Å². The van der Waals surface area contributed by atoms with E-state index < -0.39 is 18.0 Å². The molecule has 2 aromatic rings. The fourth-order valence-corrected chi connectivity index (χ4v) is 5.08. The Morgan fingerprint density at radius 1 is 1.06 bits per heavy atom. The summed E-state index contributed by atoms with van der Waals surface area (Å²) in [5.41, 5.74) is 4.63. The summed E-state index contributed by atoms with van der Waals surface area (Å²) in [4.78, 5) is 38.1. The summed E-state index contributed by atoms with van der Waals surface area (Å²) in [6.45, 7) is 1.94. The molecule has 3 atom stereocenters. The lowest BCUT2D eigenvalue weighted by atomic mass is 9.98. The summed E-state index contributed by atoms with van der Waals surface area (Å²) in [6.07, 6.45) is 1.66. The monoisotopic (exact) mass is 450 g/mol. The van der Waals surface area contributed by atoms with Crippen molar-refractivity contribution in [3.63, 3.8) is 0 Å². The molecule has 2 amide bonds. The first-order chi connectivity index (χ1) is 15.9. The third kappa shape index (κ3) is 4.72. The van der Waals surface area contributed by atoms with Gasteiger partial charge in [0, 0.05) is 25.6 Å². The number of nitrogens with one attached hydrogen (secondary N) is 1. The summed E-state index contributed by atoms with van der Waals surface area (Å²) in [5, 5.41) is 12.0. The maximum absolute atomic E-state index is 12.9. The van der Waals surface area contributed by atoms with E-state index in [2.05, 4.69) is 29.6 Å². The number of fused-ring (bicyclic) bond motifs is 3. The second-order valence-electron chi connectivity index (χ2n) is 9.07. The Bertz CT molecular complexity index is 1010. The van der Waals surface area contributed by atoms with Crippen LogP contribution in [0.25, 0.3) is 11.1 Å². The van der Waals surface area contributed by atoms with Gasteiger partial charge in [0.05, 0.1) is 11.8 Å². The normalized spacial score (nSPS) is 19.9. The van der Waals surface area contributed by atoms with Crippen molar-refractivity contribution in [1.82, 2.24) is 10.2 Å². The number of carbonyl (C=O) groups is 3. The molecule has 4 rings (SSSR count). The van der Waals surface area contributed by atoms with E-state index in [0.29, 0.717) is 12.8 Å². The van der Waals surface area contributed by atoms with Gasteiger partial charge in [-0.3, -0.25) is 9.59 Å². The van der Waals surface area contributed by atoms with Gasteiger partial charge in [-0.05, 0) is 35.1 Å². The summed E-state index contributed by atoms with van der Waals surface area (Å²) >= 11 is 0. The molecule has 0 radical (unpaired) electrons. The predicted octanol–water partition coefficient (Wildman–Crippen LogP) is 3.87. The number of carboxylic acids is 1. The zero-order valence-corrected chi connectivity index (χ0v) is 19.0. The first kappa shape index (κ1) is 22.8. The molecule has 0 bridgehead atoms. The van der Waals surface area contributed by atoms with Crippen LogP contribution in [0.5, 0.6) is 0 Å². The van der Waals surface area contributed by atoms with Crippen LogP contribution in [0.4, 0.5) is 4.79 Å². The van der Waals surface area contributed by atoms with Crippen LogP contribution in [0, 0.1) is 11.8 Å². The quantitative estimate of drug-likeness (QED) is 0.668. The SMILES string of the molecule is CC(CN(C)C(=O)[C@H]1CCC[C@H]1NC(=O)OCC1c2ccccc2-c2ccccc21)C(=O)O. The van der Waals surface area contributed by atoms with Crippen molar-refractivity contribution in [3.8, 4) is 11.1 Å². The van der Waals surface area contributed by atoms with Gasteiger partial charge in [-0.25, -0.2) is 4.79 Å². The molecule has 1 saturated carbocycles. The molecule has 174 valence electrons. The van der Waals surface area contributed by atoms with Crippen molar-refractivity contribution in [2.24, 2.45) is 11.8 Å². The van der Waals surface area contributed by atoms with E-state index >= 15 is 0 Å². The highest BCUT2D eigenvalue weighted by atomic mass is 16.5. The first-order valence-corrected chi connectivity index (χ1v) is 11.5. The molecule has 1 unspecified atom stereocenters. The largest absolute Gasteiger partial charge is 0.481 e. The molecule has 0 saturated heterocycles. The van der Waals surface area contributed by atoms with Crippen molar-refractivity contribution >= 4 is 18.0 Å². The molecular weight excluding hydrogens is 420 g/mol. The fourth-order valence-electron chi connectivity index (χ4n) is 5.08. The highest BCUT2D eigenvalue weighted by Gasteiger charge is 2.37. The topological polar surface area (TPSA) is 95.9 Å². The number of ether oxygens (including phenoxy) is 1. The summed E-state index contributed by atoms with van der Waals surface area (Å²) in [7, 11) is 1.62. The molecule has 0 aliphatic heterocycles. The molecule has 7 heteroatoms. The Morgan fingerprint density at radius 2 is 1.67 bits per heavy atom. The van der Waals surface area contributed by atoms with Crippen LogP contribution in [-0.2, 0) is 14.3 Å². The maximum atomic E-state index is 12.9. The molecule has 0 spiro atoms. The van der Waals surface area contributed by atoms with Gasteiger partial charge in [0.2, 0.25) is 5.91 Å². The van der Waals surface area contributed by atoms with Crippen LogP contribution in [0.1, 0.15) is 43.2 Å². The Balaban J connectivity index is 1.36. The molecule has 7 nitrogen and oxygen atoms in total. The molecule has 2 aliphatic rings. The lowest BCUT2D eigenvalue weighted by Gasteiger charge is -2.26. The van der Waals surface area contributed by atoms with Gasteiger partial charge in [0.1, 0.15) is 6.61 Å². The molecule has 33 heavy (non-hydrogen) atoms. The number of rotatable bonds is 7. The van der Waals surface area contributed by atoms with Crippen LogP contribution in [0.3, 0.4) is 0 Å². The van der Waals surface area contributed by atoms with Crippen LogP contribution in [-0.4, -0.2) is 54.2 Å². The second kappa shape index (κ2) is 9.65. The van der Waals surface area contributed by atoms with Gasteiger partial charge in [-0.2, -0.15) is 0 Å². The maximum Gasteiger partial charge on any atom is 0.407 e. The number of hydrogen-bond acceptors (Lipinski definition) is 4. The van der Waals surface area contributed by atoms with Crippen molar-refractivity contribution in [2.75, 3.05) is 20.2 Å². The highest BCUT2D eigenvalue weighted by Crippen LogP contribution is 2.44. The lowest BCUT2D eigenvalue weighted by Crippen LogP contribution is -2.46. The molecule has 2 N–H and O–H groups in total. The Hall–Kier alpha value is -3.35. The molecular formula is C26H30N2O5. The summed E-state index contributed by atoms with van der Waals surface area (Å²) in [5.74, 6) is -2.10. The number of benzene rings is 2. The molecule has 2 aliphatic carbocycles. The lowest BCUT2D eigenvalue weighted by molar-refractivity contribution is -0.143. The van der Waals surface area contributed by atoms with E-state index in [0.717, 1.165) is 17.5 Å². The molecule has 0 aromatic heterocycles. The van der Waals surface area contributed by atoms with E-state index in [4.69, 9.17) is 9.84 Å². The summed E-state index contributed by atoms with van der Waals surface area (Å²) < 4.78 is 5.63. The Morgan fingerprint density at radius 3 is 2.27 bits per heavy atom. The zero-order chi connectivity index (χ0) is 23.5. The average Bonchev–Trinajstić information content (AvgIpc) is 3.39. The van der Waals surface area contributed by atoms with E-state index in [-0.39, 0.29) is 36.9 Å². The van der Waals surface area contributed by atoms with E-state index in [1.807, 2.05) is 24.3 Å². The van der Waals surface area contributed by atoms with Crippen molar-refractivity contribution in [2.45, 2.75) is 38.1 Å². The zero-order valence-electron chi connectivity index (χ0n) is 19.0. The van der Waals surface area contributed by atoms with Gasteiger partial charge in [-0.15, -0.1) is 0 Å². The van der Waals surface area contributed by atoms with E-state index in [9.17, 15) is 14.4 Å². The van der Waals surface area contributed by atoms with Gasteiger partial charge in [0.15, 0.2) is 0 Å². The summed E-state index contributed by atoms with van der Waals surface area (Å²) in [6, 6.07) is 16.0. The van der Waals surface area contributed by atoms with Crippen LogP contribution in [0.15, 0.2) is 48.5 Å². The van der Waals surface area contributed by atoms with Crippen molar-refractivity contribution < 1.29 is 24.2 Å². The number of nitrogens with zero attached hydrogens (tertiary/aromatic N) is 1. The standard InChI is InChI=1S/C26H30N2O5/c1-16(25(30)31)14-28(2)24(29)21-12-7-13-23(21)27-26(32)33-15-22-19-10-5-3-8-17(19)18-9-4-6-11-20(18)22/h3-6,8-11,16,21-23H,7,12-15H2,1-2H3,(H,27,32)(H,30,31)/t16?,21-,23+/m0/s1. The van der Waals surface area contributed by atoms with Gasteiger partial charge >= 0.3 is 12.1 Å². The van der Waals surface area contributed by atoms with Gasteiger partial charge in [0.25, 0.3) is 0 Å². The molecule has 0 heterocycles. The minimum Gasteiger partial charge on any atom is -0.481 e. The number of alkyl carbamates (subject to hydrolysis) is 1. The van der Waals surface area contributed by atoms with Crippen LogP contribution in [0.2, 0.25) is 0 Å². The average molecular weight is 451 g/mol. The fraction of sp³-hybridized carbons (Fsp3) is 0.423. The third-order valence-electron chi connectivity index (χ3n) is 6.83. The highest BCUT2D eigenvalue weighted by molar-refractivity contribution is 5.82. The van der Waals surface area contributed by atoms with Crippen LogP contribution < -0.4 is 5.32 Å². The van der Waals surface area contributed by atoms with Crippen molar-refractivity contribution in [3.05, 3.63) is 59.7 Å². The molecule has 1 fully saturated rings. The molecule has 2 aromatic carbocycles. The smallest absolute Gasteiger partial charge is 0.407 e. The van der Waals surface area contributed by atoms with Gasteiger partial charge < -0.3 is 20.1 Å². The number of aliphatic carboxylic acids is 1. The Labute approximate surface area is 193 Å². The minimum atomic E-state index is -0.936. The minimum absolute atomic E-state index is 0.0206. The number of carboxylic acid groups (broad SMARTS) is 1. The first-order valence-electron chi connectivity index (χ1n) is 11.5. The number of amides is 2. The number of hydrogen-bond donors (Lipinski definition) is 2. The Kier molecular flexibility index (Phi) is 6.67. The third-order valence-corrected chi connectivity index (χ3v) is 6.83. The van der Waals surface area contributed by atoms with Crippen molar-refractivity contribution in [1.29, 1.82) is 0 Å². The number of carbonyl (C=O) groups excluding carboxylic acids is 2. The van der Waals surface area contributed by atoms with E-state index in [1.54, 1.807) is 14.0 Å². The second-order valence-corrected chi connectivity index (χ2v) is 9.07.